The van der Waals surface area contributed by atoms with E-state index in [1.54, 1.807) is 7.11 Å². The van der Waals surface area contributed by atoms with E-state index >= 15 is 0 Å². The molecule has 2 radical (unpaired) electrons. The first-order valence-electron chi connectivity index (χ1n) is 5.63. The lowest BCUT2D eigenvalue weighted by atomic mass is 9.94. The molecule has 15 heavy (non-hydrogen) atoms. The van der Waals surface area contributed by atoms with Crippen LogP contribution in [0, 0.1) is 11.8 Å². The molecule has 2 unspecified atom stereocenters. The molecule has 1 nitrogen and oxygen atoms in total. The summed E-state index contributed by atoms with van der Waals surface area (Å²) in [6.45, 7) is 0.906. The number of benzene rings is 1. The first-order chi connectivity index (χ1) is 7.29. The fourth-order valence-electron chi connectivity index (χ4n) is 2.14. The van der Waals surface area contributed by atoms with Crippen molar-refractivity contribution < 1.29 is 4.74 Å². The second kappa shape index (κ2) is 4.85. The maximum atomic E-state index is 5.65. The minimum absolute atomic E-state index is 0.852. The first-order valence-corrected chi connectivity index (χ1v) is 5.63. The van der Waals surface area contributed by atoms with Crippen molar-refractivity contribution in [1.82, 2.24) is 0 Å². The van der Waals surface area contributed by atoms with Crippen LogP contribution in [0.5, 0.6) is 0 Å². The van der Waals surface area contributed by atoms with Crippen molar-refractivity contribution in [2.75, 3.05) is 13.7 Å². The highest BCUT2D eigenvalue weighted by Crippen LogP contribution is 2.43. The number of hydrogen-bond donors (Lipinski definition) is 0. The first kappa shape index (κ1) is 10.8. The Morgan fingerprint density at radius 2 is 2.00 bits per heavy atom. The highest BCUT2D eigenvalue weighted by Gasteiger charge is 2.35. The molecule has 0 heterocycles. The van der Waals surface area contributed by atoms with Crippen molar-refractivity contribution in [3.63, 3.8) is 0 Å². The Kier molecular flexibility index (Phi) is 3.47. The van der Waals surface area contributed by atoms with Gasteiger partial charge in [0.15, 0.2) is 0 Å². The molecule has 0 aliphatic heterocycles. The summed E-state index contributed by atoms with van der Waals surface area (Å²) < 4.78 is 5.09. The average molecular weight is 200 g/mol. The topological polar surface area (TPSA) is 9.23 Å². The number of rotatable bonds is 5. The molecule has 0 N–H and O–H groups in total. The highest BCUT2D eigenvalue weighted by atomic mass is 16.5. The van der Waals surface area contributed by atoms with E-state index in [4.69, 9.17) is 12.6 Å². The summed E-state index contributed by atoms with van der Waals surface area (Å²) in [6.07, 6.45) is 3.79. The van der Waals surface area contributed by atoms with Crippen molar-refractivity contribution in [2.45, 2.75) is 19.3 Å². The van der Waals surface area contributed by atoms with Crippen molar-refractivity contribution in [1.29, 1.82) is 0 Å². The Labute approximate surface area is 93.2 Å². The maximum Gasteiger partial charge on any atom is 0.113 e. The summed E-state index contributed by atoms with van der Waals surface area (Å²) in [4.78, 5) is 0. The van der Waals surface area contributed by atoms with E-state index in [9.17, 15) is 0 Å². The van der Waals surface area contributed by atoms with Crippen LogP contribution in [-0.2, 0) is 11.2 Å². The Morgan fingerprint density at radius 1 is 1.27 bits per heavy atom. The molecule has 1 aromatic carbocycles. The molecule has 0 bridgehead atoms. The Hall–Kier alpha value is -0.755. The Bertz CT molecular complexity index is 307. The zero-order chi connectivity index (χ0) is 10.7. The third kappa shape index (κ3) is 3.10. The summed E-state index contributed by atoms with van der Waals surface area (Å²) >= 11 is 0. The van der Waals surface area contributed by atoms with Gasteiger partial charge in [0.1, 0.15) is 7.85 Å². The van der Waals surface area contributed by atoms with Gasteiger partial charge >= 0.3 is 0 Å². The maximum absolute atomic E-state index is 5.65. The molecule has 0 spiro atoms. The van der Waals surface area contributed by atoms with Gasteiger partial charge in [-0.25, -0.2) is 0 Å². The van der Waals surface area contributed by atoms with Crippen LogP contribution in [0.4, 0.5) is 0 Å². The van der Waals surface area contributed by atoms with Gasteiger partial charge in [0.2, 0.25) is 0 Å². The third-order valence-electron chi connectivity index (χ3n) is 3.24. The molecule has 1 aliphatic rings. The van der Waals surface area contributed by atoms with Crippen LogP contribution in [0.2, 0.25) is 0 Å². The zero-order valence-electron chi connectivity index (χ0n) is 9.28. The van der Waals surface area contributed by atoms with Crippen LogP contribution < -0.4 is 5.46 Å². The molecule has 2 atom stereocenters. The van der Waals surface area contributed by atoms with E-state index in [2.05, 4.69) is 12.1 Å². The summed E-state index contributed by atoms with van der Waals surface area (Å²) in [5.74, 6) is 1.77. The van der Waals surface area contributed by atoms with Gasteiger partial charge < -0.3 is 4.74 Å². The predicted octanol–water partition coefficient (Wildman–Crippen LogP) is 1.70. The van der Waals surface area contributed by atoms with Crippen LogP contribution in [-0.4, -0.2) is 21.6 Å². The van der Waals surface area contributed by atoms with Crippen LogP contribution in [0.25, 0.3) is 0 Å². The zero-order valence-corrected chi connectivity index (χ0v) is 9.28. The molecule has 2 rings (SSSR count). The Morgan fingerprint density at radius 3 is 2.67 bits per heavy atom. The monoisotopic (exact) mass is 200 g/mol. The summed E-state index contributed by atoms with van der Waals surface area (Å²) in [5.41, 5.74) is 2.26. The molecule has 1 aromatic rings. The molecule has 0 amide bonds. The number of methoxy groups -OCH3 is 1. The summed E-state index contributed by atoms with van der Waals surface area (Å²) in [5, 5.41) is 0. The SMILES string of the molecule is [B]c1ccc(CC2CC2CCOC)cc1. The molecule has 1 aliphatic carbocycles. The smallest absolute Gasteiger partial charge is 0.113 e. The van der Waals surface area contributed by atoms with Crippen LogP contribution in [0.1, 0.15) is 18.4 Å². The molecule has 0 saturated heterocycles. The lowest BCUT2D eigenvalue weighted by molar-refractivity contribution is 0.188. The van der Waals surface area contributed by atoms with E-state index < -0.39 is 0 Å². The molecule has 2 heteroatoms. The second-order valence-corrected chi connectivity index (χ2v) is 4.48. The minimum atomic E-state index is 0.852. The number of hydrogen-bond acceptors (Lipinski definition) is 1. The molecule has 1 saturated carbocycles. The summed E-state index contributed by atoms with van der Waals surface area (Å²) in [6, 6.07) is 8.26. The summed E-state index contributed by atoms with van der Waals surface area (Å²) in [7, 11) is 7.42. The van der Waals surface area contributed by atoms with E-state index in [1.165, 1.54) is 24.8 Å². The van der Waals surface area contributed by atoms with E-state index in [0.717, 1.165) is 23.9 Å². The Balaban J connectivity index is 1.77. The molecule has 78 valence electrons. The van der Waals surface area contributed by atoms with Crippen LogP contribution >= 0.6 is 0 Å². The fourth-order valence-corrected chi connectivity index (χ4v) is 2.14. The van der Waals surface area contributed by atoms with E-state index in [-0.39, 0.29) is 0 Å². The average Bonchev–Trinajstić information content (AvgIpc) is 2.97. The lowest BCUT2D eigenvalue weighted by Crippen LogP contribution is -2.01. The second-order valence-electron chi connectivity index (χ2n) is 4.48. The number of ether oxygens (including phenoxy) is 1. The van der Waals surface area contributed by atoms with Crippen LogP contribution in [0.15, 0.2) is 24.3 Å². The van der Waals surface area contributed by atoms with Gasteiger partial charge in [-0.1, -0.05) is 29.7 Å². The quantitative estimate of drug-likeness (QED) is 0.657. The lowest BCUT2D eigenvalue weighted by Gasteiger charge is -2.01. The highest BCUT2D eigenvalue weighted by molar-refractivity contribution is 6.32. The molecular formula is C13H17BO. The third-order valence-corrected chi connectivity index (χ3v) is 3.24. The largest absolute Gasteiger partial charge is 0.385 e. The van der Waals surface area contributed by atoms with Gasteiger partial charge in [0, 0.05) is 13.7 Å². The van der Waals surface area contributed by atoms with Crippen molar-refractivity contribution in [2.24, 2.45) is 11.8 Å². The van der Waals surface area contributed by atoms with Gasteiger partial charge in [-0.15, -0.1) is 0 Å². The normalized spacial score (nSPS) is 24.1. The van der Waals surface area contributed by atoms with E-state index in [0.29, 0.717) is 0 Å². The van der Waals surface area contributed by atoms with Crippen molar-refractivity contribution in [3.05, 3.63) is 29.8 Å². The minimum Gasteiger partial charge on any atom is -0.385 e. The molecular weight excluding hydrogens is 183 g/mol. The standard InChI is InChI=1S/C13H17BO/c1-15-7-6-11-9-12(11)8-10-2-4-13(14)5-3-10/h2-5,11-12H,6-9H2,1H3. The fraction of sp³-hybridized carbons (Fsp3) is 0.538. The van der Waals surface area contributed by atoms with Gasteiger partial charge in [0.05, 0.1) is 0 Å². The van der Waals surface area contributed by atoms with Crippen molar-refractivity contribution in [3.8, 4) is 0 Å². The van der Waals surface area contributed by atoms with Crippen molar-refractivity contribution >= 4 is 13.3 Å². The van der Waals surface area contributed by atoms with Gasteiger partial charge in [-0.05, 0) is 36.7 Å². The van der Waals surface area contributed by atoms with Gasteiger partial charge in [-0.3, -0.25) is 0 Å². The van der Waals surface area contributed by atoms with Gasteiger partial charge in [-0.2, -0.15) is 0 Å². The molecule has 0 aromatic heterocycles. The van der Waals surface area contributed by atoms with E-state index in [1.807, 2.05) is 12.1 Å². The van der Waals surface area contributed by atoms with Gasteiger partial charge in [0.25, 0.3) is 0 Å². The van der Waals surface area contributed by atoms with Crippen LogP contribution in [0.3, 0.4) is 0 Å². The molecule has 1 fully saturated rings. The predicted molar refractivity (Wildman–Crippen MR) is 63.6 cm³/mol.